The van der Waals surface area contributed by atoms with E-state index in [9.17, 15) is 9.18 Å². The van der Waals surface area contributed by atoms with E-state index in [1.165, 1.54) is 12.1 Å². The molecule has 0 aliphatic rings. The van der Waals surface area contributed by atoms with Crippen LogP contribution in [0.15, 0.2) is 18.2 Å². The summed E-state index contributed by atoms with van der Waals surface area (Å²) in [5, 5.41) is 3.19. The van der Waals surface area contributed by atoms with E-state index in [0.717, 1.165) is 5.56 Å². The van der Waals surface area contributed by atoms with Crippen LogP contribution in [0.5, 0.6) is 5.75 Å². The first kappa shape index (κ1) is 17.4. The first-order valence-corrected chi connectivity index (χ1v) is 7.21. The number of primary amides is 1. The first-order valence-electron chi connectivity index (χ1n) is 7.21. The number of ether oxygens (including phenoxy) is 1. The Morgan fingerprint density at radius 1 is 1.48 bits per heavy atom. The van der Waals surface area contributed by atoms with Crippen LogP contribution in [0.2, 0.25) is 0 Å². The molecule has 5 heteroatoms. The van der Waals surface area contributed by atoms with Crippen LogP contribution in [-0.2, 0) is 4.79 Å². The Hall–Kier alpha value is -1.62. The second-order valence-corrected chi connectivity index (χ2v) is 5.86. The Balaban J connectivity index is 2.49. The molecular formula is C16H25FN2O2. The number of rotatable bonds is 8. The lowest BCUT2D eigenvalue weighted by molar-refractivity contribution is -0.124. The maximum absolute atomic E-state index is 13.0. The van der Waals surface area contributed by atoms with Crippen molar-refractivity contribution in [1.82, 2.24) is 5.32 Å². The third kappa shape index (κ3) is 5.34. The van der Waals surface area contributed by atoms with Crippen LogP contribution in [0, 0.1) is 12.7 Å². The second kappa shape index (κ2) is 7.41. The van der Waals surface area contributed by atoms with Crippen LogP contribution >= 0.6 is 0 Å². The highest BCUT2D eigenvalue weighted by Gasteiger charge is 2.30. The third-order valence-electron chi connectivity index (χ3n) is 3.37. The van der Waals surface area contributed by atoms with Gasteiger partial charge in [0.2, 0.25) is 5.91 Å². The summed E-state index contributed by atoms with van der Waals surface area (Å²) in [6, 6.07) is 4.59. The fourth-order valence-corrected chi connectivity index (χ4v) is 2.29. The second-order valence-electron chi connectivity index (χ2n) is 5.86. The Bertz CT molecular complexity index is 491. The highest BCUT2D eigenvalue weighted by Crippen LogP contribution is 2.19. The van der Waals surface area contributed by atoms with Crippen LogP contribution < -0.4 is 15.8 Å². The Kier molecular flexibility index (Phi) is 6.15. The van der Waals surface area contributed by atoms with Gasteiger partial charge in [0.05, 0.1) is 12.1 Å². The average Bonchev–Trinajstić information content (AvgIpc) is 2.35. The van der Waals surface area contributed by atoms with Gasteiger partial charge in [0.25, 0.3) is 0 Å². The number of nitrogens with one attached hydrogen (secondary N) is 1. The molecule has 1 amide bonds. The van der Waals surface area contributed by atoms with E-state index in [2.05, 4.69) is 5.32 Å². The Morgan fingerprint density at radius 2 is 2.14 bits per heavy atom. The van der Waals surface area contributed by atoms with E-state index in [1.807, 2.05) is 13.8 Å². The molecule has 0 saturated carbocycles. The van der Waals surface area contributed by atoms with Gasteiger partial charge in [-0.15, -0.1) is 0 Å². The standard InChI is InChI=1S/C16H25FN2O2/c1-11(2)19-16(4,15(18)20)8-5-9-21-14-7-6-13(17)10-12(14)3/h6-7,10-11,19H,5,8-9H2,1-4H3,(H2,18,20). The minimum absolute atomic E-state index is 0.169. The number of carbonyl (C=O) groups is 1. The summed E-state index contributed by atoms with van der Waals surface area (Å²) in [6.45, 7) is 8.00. The summed E-state index contributed by atoms with van der Waals surface area (Å²) in [5.41, 5.74) is 5.49. The number of carbonyl (C=O) groups excluding carboxylic acids is 1. The molecule has 4 nitrogen and oxygen atoms in total. The molecule has 0 radical (unpaired) electrons. The molecule has 0 spiro atoms. The number of benzene rings is 1. The van der Waals surface area contributed by atoms with Crippen LogP contribution in [-0.4, -0.2) is 24.1 Å². The summed E-state index contributed by atoms with van der Waals surface area (Å²) < 4.78 is 18.6. The molecule has 21 heavy (non-hydrogen) atoms. The van der Waals surface area contributed by atoms with Gasteiger partial charge in [0.15, 0.2) is 0 Å². The van der Waals surface area contributed by atoms with Crippen LogP contribution in [0.25, 0.3) is 0 Å². The van der Waals surface area contributed by atoms with Gasteiger partial charge in [0.1, 0.15) is 11.6 Å². The average molecular weight is 296 g/mol. The zero-order chi connectivity index (χ0) is 16.0. The molecular weight excluding hydrogens is 271 g/mol. The molecule has 3 N–H and O–H groups in total. The highest BCUT2D eigenvalue weighted by molar-refractivity contribution is 5.84. The van der Waals surface area contributed by atoms with Gasteiger partial charge in [-0.2, -0.15) is 0 Å². The molecule has 0 bridgehead atoms. The van der Waals surface area contributed by atoms with Gasteiger partial charge in [-0.3, -0.25) is 4.79 Å². The normalized spacial score (nSPS) is 14.0. The lowest BCUT2D eigenvalue weighted by atomic mass is 9.94. The SMILES string of the molecule is Cc1cc(F)ccc1OCCCC(C)(NC(C)C)C(N)=O. The fraction of sp³-hybridized carbons (Fsp3) is 0.562. The van der Waals surface area contributed by atoms with Crippen LogP contribution in [0.4, 0.5) is 4.39 Å². The minimum Gasteiger partial charge on any atom is -0.493 e. The zero-order valence-electron chi connectivity index (χ0n) is 13.2. The number of halogens is 1. The zero-order valence-corrected chi connectivity index (χ0v) is 13.2. The van der Waals surface area contributed by atoms with E-state index in [1.54, 1.807) is 19.9 Å². The molecule has 1 aromatic carbocycles. The Morgan fingerprint density at radius 3 is 2.67 bits per heavy atom. The van der Waals surface area contributed by atoms with Gasteiger partial charge in [-0.1, -0.05) is 0 Å². The summed E-state index contributed by atoms with van der Waals surface area (Å²) in [5.74, 6) is 0.0189. The molecule has 1 atom stereocenters. The van der Waals surface area contributed by atoms with Crippen LogP contribution in [0.1, 0.15) is 39.2 Å². The Labute approximate surface area is 125 Å². The quantitative estimate of drug-likeness (QED) is 0.725. The molecule has 0 aliphatic heterocycles. The predicted octanol–water partition coefficient (Wildman–Crippen LogP) is 2.54. The van der Waals surface area contributed by atoms with E-state index in [4.69, 9.17) is 10.5 Å². The van der Waals surface area contributed by atoms with Gasteiger partial charge in [0, 0.05) is 6.04 Å². The fourth-order valence-electron chi connectivity index (χ4n) is 2.29. The highest BCUT2D eigenvalue weighted by atomic mass is 19.1. The smallest absolute Gasteiger partial charge is 0.237 e. The van der Waals surface area contributed by atoms with E-state index in [-0.39, 0.29) is 17.8 Å². The molecule has 0 fully saturated rings. The predicted molar refractivity (Wildman–Crippen MR) is 81.7 cm³/mol. The molecule has 0 heterocycles. The van der Waals surface area contributed by atoms with Crippen molar-refractivity contribution in [2.45, 2.75) is 52.1 Å². The molecule has 1 rings (SSSR count). The molecule has 118 valence electrons. The lowest BCUT2D eigenvalue weighted by Crippen LogP contribution is -2.55. The van der Waals surface area contributed by atoms with Crippen molar-refractivity contribution in [1.29, 1.82) is 0 Å². The number of amides is 1. The topological polar surface area (TPSA) is 64.3 Å². The van der Waals surface area contributed by atoms with Gasteiger partial charge in [-0.05, 0) is 64.3 Å². The van der Waals surface area contributed by atoms with Crippen molar-refractivity contribution in [2.24, 2.45) is 5.73 Å². The van der Waals surface area contributed by atoms with Crippen molar-refractivity contribution < 1.29 is 13.9 Å². The number of hydrogen-bond acceptors (Lipinski definition) is 3. The monoisotopic (exact) mass is 296 g/mol. The molecule has 1 unspecified atom stereocenters. The maximum Gasteiger partial charge on any atom is 0.237 e. The number of aryl methyl sites for hydroxylation is 1. The number of hydrogen-bond donors (Lipinski definition) is 2. The van der Waals surface area contributed by atoms with E-state index >= 15 is 0 Å². The van der Waals surface area contributed by atoms with Gasteiger partial charge < -0.3 is 15.8 Å². The van der Waals surface area contributed by atoms with Crippen LogP contribution in [0.3, 0.4) is 0 Å². The van der Waals surface area contributed by atoms with Gasteiger partial charge >= 0.3 is 0 Å². The van der Waals surface area contributed by atoms with Crippen molar-refractivity contribution >= 4 is 5.91 Å². The largest absolute Gasteiger partial charge is 0.493 e. The van der Waals surface area contributed by atoms with Crippen molar-refractivity contribution in [3.63, 3.8) is 0 Å². The molecule has 0 aromatic heterocycles. The van der Waals surface area contributed by atoms with E-state index < -0.39 is 5.54 Å². The van der Waals surface area contributed by atoms with E-state index in [0.29, 0.717) is 25.2 Å². The number of nitrogens with two attached hydrogens (primary N) is 1. The third-order valence-corrected chi connectivity index (χ3v) is 3.37. The molecule has 0 saturated heterocycles. The summed E-state index contributed by atoms with van der Waals surface area (Å²) in [7, 11) is 0. The maximum atomic E-state index is 13.0. The van der Waals surface area contributed by atoms with Crippen molar-refractivity contribution in [3.05, 3.63) is 29.6 Å². The van der Waals surface area contributed by atoms with Crippen molar-refractivity contribution in [3.8, 4) is 5.75 Å². The van der Waals surface area contributed by atoms with Crippen molar-refractivity contribution in [2.75, 3.05) is 6.61 Å². The van der Waals surface area contributed by atoms with Gasteiger partial charge in [-0.25, -0.2) is 4.39 Å². The summed E-state index contributed by atoms with van der Waals surface area (Å²) in [4.78, 5) is 11.6. The summed E-state index contributed by atoms with van der Waals surface area (Å²) >= 11 is 0. The minimum atomic E-state index is -0.741. The molecule has 1 aromatic rings. The first-order chi connectivity index (χ1) is 9.74. The molecule has 0 aliphatic carbocycles. The summed E-state index contributed by atoms with van der Waals surface area (Å²) in [6.07, 6.45) is 1.26. The lowest BCUT2D eigenvalue weighted by Gasteiger charge is -2.29.